The number of benzene rings is 1. The quantitative estimate of drug-likeness (QED) is 0.834. The number of hydrogen-bond donors (Lipinski definition) is 1. The third-order valence-corrected chi connectivity index (χ3v) is 4.33. The first-order valence-electron chi connectivity index (χ1n) is 6.63. The SMILES string of the molecule is CC(NCC1(C(C)C)CC1)c1cccc(F)c1F. The minimum absolute atomic E-state index is 0.156. The molecule has 0 saturated heterocycles. The maximum atomic E-state index is 13.6. The molecule has 0 radical (unpaired) electrons. The normalized spacial score (nSPS) is 19.0. The molecule has 0 aliphatic heterocycles. The van der Waals surface area contributed by atoms with Crippen molar-refractivity contribution in [1.29, 1.82) is 0 Å². The van der Waals surface area contributed by atoms with E-state index in [1.807, 2.05) is 6.92 Å². The smallest absolute Gasteiger partial charge is 0.163 e. The summed E-state index contributed by atoms with van der Waals surface area (Å²) in [5.74, 6) is -0.868. The van der Waals surface area contributed by atoms with Crippen molar-refractivity contribution in [2.24, 2.45) is 11.3 Å². The van der Waals surface area contributed by atoms with E-state index in [9.17, 15) is 8.78 Å². The number of nitrogens with one attached hydrogen (secondary N) is 1. The minimum atomic E-state index is -0.772. The Morgan fingerprint density at radius 3 is 2.44 bits per heavy atom. The maximum absolute atomic E-state index is 13.6. The van der Waals surface area contributed by atoms with E-state index in [1.54, 1.807) is 12.1 Å². The highest BCUT2D eigenvalue weighted by Crippen LogP contribution is 2.51. The van der Waals surface area contributed by atoms with Crippen molar-refractivity contribution < 1.29 is 8.78 Å². The van der Waals surface area contributed by atoms with Crippen LogP contribution in [0.4, 0.5) is 8.78 Å². The van der Waals surface area contributed by atoms with Gasteiger partial charge in [0.1, 0.15) is 0 Å². The second-order valence-corrected chi connectivity index (χ2v) is 5.76. The van der Waals surface area contributed by atoms with Gasteiger partial charge in [-0.1, -0.05) is 26.0 Å². The summed E-state index contributed by atoms with van der Waals surface area (Å²) in [6.45, 7) is 7.21. The summed E-state index contributed by atoms with van der Waals surface area (Å²) in [5.41, 5.74) is 0.785. The molecule has 2 rings (SSSR count). The first-order valence-corrected chi connectivity index (χ1v) is 6.63. The molecular formula is C15H21F2N. The lowest BCUT2D eigenvalue weighted by Crippen LogP contribution is -2.30. The van der Waals surface area contributed by atoms with Crippen molar-refractivity contribution in [2.75, 3.05) is 6.54 Å². The van der Waals surface area contributed by atoms with Crippen molar-refractivity contribution in [3.63, 3.8) is 0 Å². The highest BCUT2D eigenvalue weighted by Gasteiger charge is 2.44. The van der Waals surface area contributed by atoms with Crippen molar-refractivity contribution in [1.82, 2.24) is 5.32 Å². The van der Waals surface area contributed by atoms with Gasteiger partial charge in [-0.3, -0.25) is 0 Å². The van der Waals surface area contributed by atoms with E-state index in [0.29, 0.717) is 16.9 Å². The van der Waals surface area contributed by atoms with Gasteiger partial charge in [0.2, 0.25) is 0 Å². The molecule has 1 N–H and O–H groups in total. The van der Waals surface area contributed by atoms with Crippen LogP contribution in [0, 0.1) is 23.0 Å². The molecule has 0 amide bonds. The lowest BCUT2D eigenvalue weighted by molar-refractivity contribution is 0.322. The number of rotatable bonds is 5. The molecule has 100 valence electrons. The third-order valence-electron chi connectivity index (χ3n) is 4.33. The molecule has 0 spiro atoms. The molecular weight excluding hydrogens is 232 g/mol. The molecule has 1 aromatic carbocycles. The van der Waals surface area contributed by atoms with Gasteiger partial charge in [0.25, 0.3) is 0 Å². The van der Waals surface area contributed by atoms with E-state index >= 15 is 0 Å². The fourth-order valence-corrected chi connectivity index (χ4v) is 2.44. The average molecular weight is 253 g/mol. The first-order chi connectivity index (χ1) is 8.46. The van der Waals surface area contributed by atoms with Crippen LogP contribution in [0.3, 0.4) is 0 Å². The van der Waals surface area contributed by atoms with Crippen molar-refractivity contribution in [3.05, 3.63) is 35.4 Å². The molecule has 0 bridgehead atoms. The summed E-state index contributed by atoms with van der Waals surface area (Å²) < 4.78 is 26.8. The molecule has 1 aliphatic carbocycles. The van der Waals surface area contributed by atoms with Crippen LogP contribution in [0.1, 0.15) is 45.2 Å². The zero-order valence-electron chi connectivity index (χ0n) is 11.3. The second-order valence-electron chi connectivity index (χ2n) is 5.76. The van der Waals surface area contributed by atoms with Crippen LogP contribution in [0.2, 0.25) is 0 Å². The van der Waals surface area contributed by atoms with Gasteiger partial charge >= 0.3 is 0 Å². The van der Waals surface area contributed by atoms with Crippen molar-refractivity contribution in [3.8, 4) is 0 Å². The Labute approximate surface area is 108 Å². The molecule has 1 aliphatic rings. The maximum Gasteiger partial charge on any atom is 0.163 e. The standard InChI is InChI=1S/C15H21F2N/c1-10(2)15(7-8-15)9-18-11(3)12-5-4-6-13(16)14(12)17/h4-6,10-11,18H,7-9H2,1-3H3. The molecule has 3 heteroatoms. The highest BCUT2D eigenvalue weighted by atomic mass is 19.2. The zero-order valence-corrected chi connectivity index (χ0v) is 11.3. The van der Waals surface area contributed by atoms with Crippen LogP contribution in [-0.4, -0.2) is 6.54 Å². The van der Waals surface area contributed by atoms with Gasteiger partial charge in [-0.25, -0.2) is 8.78 Å². The Hall–Kier alpha value is -0.960. The number of halogens is 2. The Morgan fingerprint density at radius 1 is 1.22 bits per heavy atom. The summed E-state index contributed by atoms with van der Waals surface area (Å²) in [7, 11) is 0. The van der Waals surface area contributed by atoms with E-state index in [4.69, 9.17) is 0 Å². The van der Waals surface area contributed by atoms with Crippen LogP contribution in [0.5, 0.6) is 0 Å². The van der Waals surface area contributed by atoms with Gasteiger partial charge in [-0.15, -0.1) is 0 Å². The Bertz CT molecular complexity index is 425. The summed E-state index contributed by atoms with van der Waals surface area (Å²) in [6, 6.07) is 4.20. The van der Waals surface area contributed by atoms with Gasteiger partial charge in [0.15, 0.2) is 11.6 Å². The lowest BCUT2D eigenvalue weighted by atomic mass is 9.92. The fraction of sp³-hybridized carbons (Fsp3) is 0.600. The third kappa shape index (κ3) is 2.56. The predicted molar refractivity (Wildman–Crippen MR) is 69.3 cm³/mol. The molecule has 1 unspecified atom stereocenters. The predicted octanol–water partition coefficient (Wildman–Crippen LogP) is 4.05. The summed E-state index contributed by atoms with van der Waals surface area (Å²) in [4.78, 5) is 0. The van der Waals surface area contributed by atoms with E-state index in [1.165, 1.54) is 12.8 Å². The second kappa shape index (κ2) is 4.96. The van der Waals surface area contributed by atoms with Gasteiger partial charge in [0, 0.05) is 18.2 Å². The van der Waals surface area contributed by atoms with Crippen LogP contribution in [0.25, 0.3) is 0 Å². The Kier molecular flexibility index (Phi) is 3.71. The molecule has 0 heterocycles. The van der Waals surface area contributed by atoms with E-state index < -0.39 is 11.6 Å². The zero-order chi connectivity index (χ0) is 13.3. The molecule has 1 saturated carbocycles. The van der Waals surface area contributed by atoms with Crippen molar-refractivity contribution >= 4 is 0 Å². The number of hydrogen-bond acceptors (Lipinski definition) is 1. The van der Waals surface area contributed by atoms with E-state index in [-0.39, 0.29) is 6.04 Å². The topological polar surface area (TPSA) is 12.0 Å². The monoisotopic (exact) mass is 253 g/mol. The average Bonchev–Trinajstić information content (AvgIpc) is 3.11. The van der Waals surface area contributed by atoms with Crippen LogP contribution in [-0.2, 0) is 0 Å². The summed E-state index contributed by atoms with van der Waals surface area (Å²) in [6.07, 6.45) is 2.46. The summed E-state index contributed by atoms with van der Waals surface area (Å²) in [5, 5.41) is 3.34. The minimum Gasteiger partial charge on any atom is -0.310 e. The molecule has 0 aromatic heterocycles. The van der Waals surface area contributed by atoms with Gasteiger partial charge in [-0.2, -0.15) is 0 Å². The van der Waals surface area contributed by atoms with Crippen molar-refractivity contribution in [2.45, 2.75) is 39.7 Å². The molecule has 18 heavy (non-hydrogen) atoms. The largest absolute Gasteiger partial charge is 0.310 e. The van der Waals surface area contributed by atoms with Gasteiger partial charge in [0.05, 0.1) is 0 Å². The fourth-order valence-electron chi connectivity index (χ4n) is 2.44. The molecule has 1 fully saturated rings. The van der Waals surface area contributed by atoms with Crippen LogP contribution >= 0.6 is 0 Å². The Morgan fingerprint density at radius 2 is 1.89 bits per heavy atom. The molecule has 1 atom stereocenters. The lowest BCUT2D eigenvalue weighted by Gasteiger charge is -2.23. The van der Waals surface area contributed by atoms with E-state index in [2.05, 4.69) is 19.2 Å². The van der Waals surface area contributed by atoms with Crippen LogP contribution < -0.4 is 5.32 Å². The first kappa shape index (κ1) is 13.5. The summed E-state index contributed by atoms with van der Waals surface area (Å²) >= 11 is 0. The van der Waals surface area contributed by atoms with Crippen LogP contribution in [0.15, 0.2) is 18.2 Å². The molecule has 1 aromatic rings. The van der Waals surface area contributed by atoms with Gasteiger partial charge < -0.3 is 5.32 Å². The highest BCUT2D eigenvalue weighted by molar-refractivity contribution is 5.22. The van der Waals surface area contributed by atoms with Gasteiger partial charge in [-0.05, 0) is 37.2 Å². The van der Waals surface area contributed by atoms with E-state index in [0.717, 1.165) is 12.6 Å². The molecule has 1 nitrogen and oxygen atoms in total. The Balaban J connectivity index is 2.00.